The molecular formula is C19H20F2OS2. The quantitative estimate of drug-likeness (QED) is 0.328. The monoisotopic (exact) mass is 366 g/mol. The van der Waals surface area contributed by atoms with Crippen LogP contribution in [0.3, 0.4) is 0 Å². The highest BCUT2D eigenvalue weighted by atomic mass is 32.2. The zero-order chi connectivity index (χ0) is 17.1. The lowest BCUT2D eigenvalue weighted by molar-refractivity contribution is 0.293. The van der Waals surface area contributed by atoms with Gasteiger partial charge >= 0.3 is 0 Å². The van der Waals surface area contributed by atoms with Crippen LogP contribution in [0.15, 0.2) is 29.2 Å². The number of rotatable bonds is 7. The van der Waals surface area contributed by atoms with Gasteiger partial charge in [-0.3, -0.25) is 0 Å². The maximum Gasteiger partial charge on any atom is 0.182 e. The summed E-state index contributed by atoms with van der Waals surface area (Å²) in [6.45, 7) is 4.61. The van der Waals surface area contributed by atoms with E-state index in [0.29, 0.717) is 20.9 Å². The highest BCUT2D eigenvalue weighted by molar-refractivity contribution is 7.99. The first-order chi connectivity index (χ1) is 11.7. The largest absolute Gasteiger partial charge is 0.490 e. The maximum absolute atomic E-state index is 14.8. The molecule has 0 aliphatic carbocycles. The van der Waals surface area contributed by atoms with Crippen molar-refractivity contribution in [3.05, 3.63) is 35.9 Å². The molecule has 0 aliphatic heterocycles. The normalized spacial score (nSPS) is 11.5. The minimum atomic E-state index is -0.380. The van der Waals surface area contributed by atoms with E-state index in [4.69, 9.17) is 4.74 Å². The van der Waals surface area contributed by atoms with Crippen molar-refractivity contribution in [1.29, 1.82) is 0 Å². The Morgan fingerprint density at radius 2 is 1.67 bits per heavy atom. The molecule has 3 rings (SSSR count). The summed E-state index contributed by atoms with van der Waals surface area (Å²) in [6.07, 6.45) is 3.07. The summed E-state index contributed by atoms with van der Waals surface area (Å²) >= 11 is 2.63. The van der Waals surface area contributed by atoms with Crippen LogP contribution in [0.25, 0.3) is 20.2 Å². The Labute approximate surface area is 149 Å². The molecule has 0 aliphatic rings. The SMILES string of the molecule is CCCCCOc1ccc2c(sc3c(F)c(SCC)ccc32)c1F. The van der Waals surface area contributed by atoms with Gasteiger partial charge in [0.2, 0.25) is 0 Å². The van der Waals surface area contributed by atoms with Crippen LogP contribution in [0.1, 0.15) is 33.1 Å². The molecule has 2 aromatic carbocycles. The second-order valence-electron chi connectivity index (χ2n) is 5.60. The number of thioether (sulfide) groups is 1. The lowest BCUT2D eigenvalue weighted by Gasteiger charge is -2.07. The Morgan fingerprint density at radius 1 is 0.958 bits per heavy atom. The maximum atomic E-state index is 14.8. The Balaban J connectivity index is 2.01. The molecule has 0 unspecified atom stereocenters. The van der Waals surface area contributed by atoms with Gasteiger partial charge in [0.25, 0.3) is 0 Å². The van der Waals surface area contributed by atoms with Gasteiger partial charge in [0.1, 0.15) is 0 Å². The van der Waals surface area contributed by atoms with E-state index in [1.165, 1.54) is 23.1 Å². The number of hydrogen-bond acceptors (Lipinski definition) is 3. The Hall–Kier alpha value is -1.33. The van der Waals surface area contributed by atoms with Crippen molar-refractivity contribution in [2.75, 3.05) is 12.4 Å². The third-order valence-corrected chi connectivity index (χ3v) is 6.04. The predicted octanol–water partition coefficient (Wildman–Crippen LogP) is 7.01. The van der Waals surface area contributed by atoms with Gasteiger partial charge in [0.15, 0.2) is 17.4 Å². The fraction of sp³-hybridized carbons (Fsp3) is 0.368. The molecule has 1 heterocycles. The van der Waals surface area contributed by atoms with Gasteiger partial charge in [-0.25, -0.2) is 8.78 Å². The first-order valence-electron chi connectivity index (χ1n) is 8.26. The minimum Gasteiger partial charge on any atom is -0.490 e. The van der Waals surface area contributed by atoms with Gasteiger partial charge < -0.3 is 4.74 Å². The van der Waals surface area contributed by atoms with Gasteiger partial charge in [-0.2, -0.15) is 0 Å². The minimum absolute atomic E-state index is 0.245. The zero-order valence-corrected chi connectivity index (χ0v) is 15.5. The third kappa shape index (κ3) is 3.24. The summed E-state index contributed by atoms with van der Waals surface area (Å²) in [7, 11) is 0. The zero-order valence-electron chi connectivity index (χ0n) is 13.8. The molecule has 0 fully saturated rings. The highest BCUT2D eigenvalue weighted by Crippen LogP contribution is 2.41. The van der Waals surface area contributed by atoms with Gasteiger partial charge in [0, 0.05) is 15.7 Å². The summed E-state index contributed by atoms with van der Waals surface area (Å²) in [5, 5.41) is 1.52. The van der Waals surface area contributed by atoms with Crippen LogP contribution in [0, 0.1) is 11.6 Å². The summed E-state index contributed by atoms with van der Waals surface area (Å²) in [5.41, 5.74) is 0. The summed E-state index contributed by atoms with van der Waals surface area (Å²) < 4.78 is 36.0. The highest BCUT2D eigenvalue weighted by Gasteiger charge is 2.17. The smallest absolute Gasteiger partial charge is 0.182 e. The number of benzene rings is 2. The molecule has 24 heavy (non-hydrogen) atoms. The van der Waals surface area contributed by atoms with E-state index in [9.17, 15) is 8.78 Å². The lowest BCUT2D eigenvalue weighted by atomic mass is 10.1. The molecule has 128 valence electrons. The van der Waals surface area contributed by atoms with Crippen LogP contribution in [-0.4, -0.2) is 12.4 Å². The van der Waals surface area contributed by atoms with Crippen molar-refractivity contribution >= 4 is 43.3 Å². The Morgan fingerprint density at radius 3 is 2.38 bits per heavy atom. The van der Waals surface area contributed by atoms with Crippen LogP contribution in [0.2, 0.25) is 0 Å². The molecule has 0 radical (unpaired) electrons. The Bertz CT molecular complexity index is 858. The van der Waals surface area contributed by atoms with Crippen molar-refractivity contribution in [3.63, 3.8) is 0 Å². The Kier molecular flexibility index (Phi) is 5.61. The van der Waals surface area contributed by atoms with E-state index in [-0.39, 0.29) is 17.4 Å². The molecule has 0 N–H and O–H groups in total. The van der Waals surface area contributed by atoms with E-state index in [1.807, 2.05) is 19.1 Å². The van der Waals surface area contributed by atoms with Crippen molar-refractivity contribution in [1.82, 2.24) is 0 Å². The number of fused-ring (bicyclic) bond motifs is 3. The fourth-order valence-corrected chi connectivity index (χ4v) is 4.65. The van der Waals surface area contributed by atoms with E-state index in [0.717, 1.165) is 35.8 Å². The summed E-state index contributed by atoms with van der Waals surface area (Å²) in [6, 6.07) is 7.16. The molecule has 0 saturated heterocycles. The van der Waals surface area contributed by atoms with Gasteiger partial charge in [-0.1, -0.05) is 32.8 Å². The standard InChI is InChI=1S/C19H20F2OS2/c1-3-5-6-11-22-14-9-7-12-13-8-10-15(23-4-2)17(21)19(13)24-18(12)16(14)20/h7-10H,3-6,11H2,1-2H3. The molecule has 0 spiro atoms. The number of unbranched alkanes of at least 4 members (excludes halogenated alkanes) is 2. The van der Waals surface area contributed by atoms with Crippen LogP contribution in [0.4, 0.5) is 8.78 Å². The molecule has 1 nitrogen and oxygen atoms in total. The second-order valence-corrected chi connectivity index (χ2v) is 7.93. The molecular weight excluding hydrogens is 346 g/mol. The second kappa shape index (κ2) is 7.70. The molecule has 0 bridgehead atoms. The van der Waals surface area contributed by atoms with Crippen molar-refractivity contribution < 1.29 is 13.5 Å². The molecule has 1 aromatic heterocycles. The van der Waals surface area contributed by atoms with E-state index in [1.54, 1.807) is 12.1 Å². The number of hydrogen-bond donors (Lipinski definition) is 0. The predicted molar refractivity (Wildman–Crippen MR) is 101 cm³/mol. The van der Waals surface area contributed by atoms with Gasteiger partial charge in [0.05, 0.1) is 16.0 Å². The topological polar surface area (TPSA) is 9.23 Å². The van der Waals surface area contributed by atoms with Gasteiger partial charge in [-0.15, -0.1) is 23.1 Å². The van der Waals surface area contributed by atoms with E-state index < -0.39 is 0 Å². The van der Waals surface area contributed by atoms with Crippen LogP contribution in [-0.2, 0) is 0 Å². The fourth-order valence-electron chi connectivity index (χ4n) is 2.71. The van der Waals surface area contributed by atoms with E-state index in [2.05, 4.69) is 6.92 Å². The van der Waals surface area contributed by atoms with E-state index >= 15 is 0 Å². The average Bonchev–Trinajstić information content (AvgIpc) is 2.96. The van der Waals surface area contributed by atoms with Crippen molar-refractivity contribution in [2.45, 2.75) is 38.0 Å². The number of thiophene rings is 1. The molecule has 3 aromatic rings. The lowest BCUT2D eigenvalue weighted by Crippen LogP contribution is -1.98. The average molecular weight is 366 g/mol. The first-order valence-corrected chi connectivity index (χ1v) is 10.1. The molecule has 0 saturated carbocycles. The van der Waals surface area contributed by atoms with Crippen LogP contribution < -0.4 is 4.74 Å². The molecule has 0 atom stereocenters. The van der Waals surface area contributed by atoms with Crippen LogP contribution >= 0.6 is 23.1 Å². The molecule has 5 heteroatoms. The third-order valence-electron chi connectivity index (χ3n) is 3.92. The van der Waals surface area contributed by atoms with Crippen molar-refractivity contribution in [2.24, 2.45) is 0 Å². The van der Waals surface area contributed by atoms with Crippen molar-refractivity contribution in [3.8, 4) is 5.75 Å². The number of ether oxygens (including phenoxy) is 1. The first kappa shape index (κ1) is 17.5. The number of halogens is 2. The van der Waals surface area contributed by atoms with Gasteiger partial charge in [-0.05, 0) is 30.4 Å². The van der Waals surface area contributed by atoms with Crippen LogP contribution in [0.5, 0.6) is 5.75 Å². The molecule has 0 amide bonds. The summed E-state index contributed by atoms with van der Waals surface area (Å²) in [5.74, 6) is 0.436. The summed E-state index contributed by atoms with van der Waals surface area (Å²) in [4.78, 5) is 0.619.